The molecule has 6 nitrogen and oxygen atoms in total. The van der Waals surface area contributed by atoms with Crippen molar-refractivity contribution >= 4 is 28.6 Å². The number of alkyl halides is 2. The number of hydrogen-bond acceptors (Lipinski definition) is 5. The van der Waals surface area contributed by atoms with Gasteiger partial charge in [0.25, 0.3) is 6.43 Å². The molecule has 0 bridgehead atoms. The van der Waals surface area contributed by atoms with E-state index in [9.17, 15) is 8.78 Å². The van der Waals surface area contributed by atoms with Gasteiger partial charge in [0.05, 0.1) is 19.5 Å². The number of aromatic amines is 1. The molecule has 18 heavy (non-hydrogen) atoms. The zero-order valence-electron chi connectivity index (χ0n) is 9.15. The maximum Gasteiger partial charge on any atom is 0.255 e. The number of imidazole rings is 1. The van der Waals surface area contributed by atoms with Gasteiger partial charge in [-0.25, -0.2) is 13.8 Å². The number of fused-ring (bicyclic) bond motifs is 1. The highest BCUT2D eigenvalue weighted by Gasteiger charge is 2.18. The van der Waals surface area contributed by atoms with E-state index >= 15 is 0 Å². The Bertz CT molecular complexity index is 535. The molecule has 0 fully saturated rings. The van der Waals surface area contributed by atoms with E-state index in [1.54, 1.807) is 0 Å². The Morgan fingerprint density at radius 2 is 2.22 bits per heavy atom. The first-order valence-corrected chi connectivity index (χ1v) is 5.50. The van der Waals surface area contributed by atoms with Crippen molar-refractivity contribution in [2.24, 2.45) is 0 Å². The average molecular weight is 278 g/mol. The minimum absolute atomic E-state index is 0.0196. The molecule has 0 saturated heterocycles. The van der Waals surface area contributed by atoms with Gasteiger partial charge in [-0.15, -0.1) is 0 Å². The molecule has 0 aliphatic carbocycles. The van der Waals surface area contributed by atoms with E-state index in [4.69, 9.17) is 16.7 Å². The van der Waals surface area contributed by atoms with Gasteiger partial charge in [0.1, 0.15) is 5.52 Å². The van der Waals surface area contributed by atoms with E-state index in [1.807, 2.05) is 0 Å². The fourth-order valence-electron chi connectivity index (χ4n) is 1.59. The number of nitrogens with one attached hydrogen (secondary N) is 1. The van der Waals surface area contributed by atoms with E-state index in [1.165, 1.54) is 11.2 Å². The number of anilines is 1. The van der Waals surface area contributed by atoms with Gasteiger partial charge in [-0.05, 0) is 11.6 Å². The Labute approximate surface area is 106 Å². The molecule has 2 aromatic rings. The van der Waals surface area contributed by atoms with Crippen LogP contribution in [0.3, 0.4) is 0 Å². The number of aliphatic hydroxyl groups is 1. The highest BCUT2D eigenvalue weighted by Crippen LogP contribution is 2.23. The first-order chi connectivity index (χ1) is 8.61. The summed E-state index contributed by atoms with van der Waals surface area (Å²) >= 11 is 5.71. The lowest BCUT2D eigenvalue weighted by Crippen LogP contribution is -2.32. The SMILES string of the molecule is OCCN(CC(F)F)c1nc(Cl)nc2nc[nH]c12. The van der Waals surface area contributed by atoms with Crippen molar-refractivity contribution in [3.05, 3.63) is 11.6 Å². The van der Waals surface area contributed by atoms with Crippen LogP contribution >= 0.6 is 11.6 Å². The Morgan fingerprint density at radius 3 is 2.89 bits per heavy atom. The predicted octanol–water partition coefficient (Wildman–Crippen LogP) is 1.07. The first kappa shape index (κ1) is 12.9. The lowest BCUT2D eigenvalue weighted by molar-refractivity contribution is 0.152. The summed E-state index contributed by atoms with van der Waals surface area (Å²) < 4.78 is 25.0. The van der Waals surface area contributed by atoms with Crippen LogP contribution in [0.25, 0.3) is 11.2 Å². The van der Waals surface area contributed by atoms with Crippen LogP contribution in [0.2, 0.25) is 5.28 Å². The summed E-state index contributed by atoms with van der Waals surface area (Å²) in [5.41, 5.74) is 0.704. The van der Waals surface area contributed by atoms with Gasteiger partial charge in [-0.3, -0.25) is 0 Å². The Morgan fingerprint density at radius 1 is 1.44 bits per heavy atom. The van der Waals surface area contributed by atoms with Gasteiger partial charge in [-0.1, -0.05) is 0 Å². The van der Waals surface area contributed by atoms with Gasteiger partial charge in [-0.2, -0.15) is 9.97 Å². The molecule has 2 heterocycles. The van der Waals surface area contributed by atoms with Crippen LogP contribution in [0.15, 0.2) is 6.33 Å². The van der Waals surface area contributed by atoms with Gasteiger partial charge < -0.3 is 15.0 Å². The summed E-state index contributed by atoms with van der Waals surface area (Å²) in [5, 5.41) is 8.83. The Hall–Kier alpha value is -1.54. The molecule has 0 aliphatic heterocycles. The van der Waals surface area contributed by atoms with E-state index < -0.39 is 13.0 Å². The fraction of sp³-hybridized carbons (Fsp3) is 0.444. The third kappa shape index (κ3) is 2.65. The lowest BCUT2D eigenvalue weighted by atomic mass is 10.4. The predicted molar refractivity (Wildman–Crippen MR) is 62.0 cm³/mol. The molecule has 9 heteroatoms. The first-order valence-electron chi connectivity index (χ1n) is 5.12. The molecule has 98 valence electrons. The normalized spacial score (nSPS) is 11.4. The molecule has 0 aliphatic rings. The van der Waals surface area contributed by atoms with Gasteiger partial charge in [0.2, 0.25) is 5.28 Å². The molecule has 0 spiro atoms. The molecule has 0 amide bonds. The van der Waals surface area contributed by atoms with Crippen molar-refractivity contribution in [1.82, 2.24) is 19.9 Å². The van der Waals surface area contributed by atoms with Crippen LogP contribution in [0.4, 0.5) is 14.6 Å². The lowest BCUT2D eigenvalue weighted by Gasteiger charge is -2.22. The van der Waals surface area contributed by atoms with Crippen molar-refractivity contribution in [3.8, 4) is 0 Å². The third-order valence-corrected chi connectivity index (χ3v) is 2.44. The topological polar surface area (TPSA) is 77.9 Å². The number of H-pyrrole nitrogens is 1. The number of hydrogen-bond donors (Lipinski definition) is 2. The maximum atomic E-state index is 12.5. The van der Waals surface area contributed by atoms with Crippen LogP contribution in [0.1, 0.15) is 0 Å². The molecule has 0 aromatic carbocycles. The Balaban J connectivity index is 2.44. The van der Waals surface area contributed by atoms with Crippen molar-refractivity contribution in [1.29, 1.82) is 0 Å². The molecule has 0 radical (unpaired) electrons. The summed E-state index contributed by atoms with van der Waals surface area (Å²) in [6.45, 7) is -0.808. The van der Waals surface area contributed by atoms with Crippen LogP contribution in [-0.2, 0) is 0 Å². The zero-order chi connectivity index (χ0) is 13.1. The minimum Gasteiger partial charge on any atom is -0.395 e. The van der Waals surface area contributed by atoms with Crippen molar-refractivity contribution < 1.29 is 13.9 Å². The standard InChI is InChI=1S/C9H10ClF2N5O/c10-9-15-7-6(13-4-14-7)8(16-9)17(1-2-18)3-5(11)12/h4-5,18H,1-3H2,(H,13,14,15,16). The van der Waals surface area contributed by atoms with Crippen molar-refractivity contribution in [3.63, 3.8) is 0 Å². The van der Waals surface area contributed by atoms with Gasteiger partial charge >= 0.3 is 0 Å². The molecule has 2 rings (SSSR count). The molecule has 2 aromatic heterocycles. The van der Waals surface area contributed by atoms with Crippen LogP contribution < -0.4 is 4.90 Å². The quantitative estimate of drug-likeness (QED) is 0.800. The number of nitrogens with zero attached hydrogens (tertiary/aromatic N) is 4. The monoisotopic (exact) mass is 277 g/mol. The fourth-order valence-corrected chi connectivity index (χ4v) is 1.75. The van der Waals surface area contributed by atoms with E-state index in [0.29, 0.717) is 11.2 Å². The van der Waals surface area contributed by atoms with Crippen molar-refractivity contribution in [2.45, 2.75) is 6.43 Å². The average Bonchev–Trinajstić information content (AvgIpc) is 2.74. The molecule has 0 unspecified atom stereocenters. The summed E-state index contributed by atoms with van der Waals surface area (Å²) in [4.78, 5) is 15.7. The smallest absolute Gasteiger partial charge is 0.255 e. The molecular weight excluding hydrogens is 268 g/mol. The van der Waals surface area contributed by atoms with Crippen LogP contribution in [0, 0.1) is 0 Å². The van der Waals surface area contributed by atoms with Crippen LogP contribution in [-0.4, -0.2) is 51.2 Å². The minimum atomic E-state index is -2.55. The molecule has 2 N–H and O–H groups in total. The molecular formula is C9H10ClF2N5O. The van der Waals surface area contributed by atoms with E-state index in [0.717, 1.165) is 0 Å². The Kier molecular flexibility index (Phi) is 3.87. The number of halogens is 3. The second-order valence-corrected chi connectivity index (χ2v) is 3.82. The maximum absolute atomic E-state index is 12.5. The molecule has 0 saturated carbocycles. The highest BCUT2D eigenvalue weighted by atomic mass is 35.5. The van der Waals surface area contributed by atoms with E-state index in [-0.39, 0.29) is 24.3 Å². The second-order valence-electron chi connectivity index (χ2n) is 3.48. The number of rotatable bonds is 5. The molecule has 0 atom stereocenters. The van der Waals surface area contributed by atoms with Gasteiger partial charge in [0.15, 0.2) is 11.5 Å². The van der Waals surface area contributed by atoms with Gasteiger partial charge in [0, 0.05) is 6.54 Å². The summed E-state index contributed by atoms with van der Waals surface area (Å²) in [6.07, 6.45) is -1.18. The van der Waals surface area contributed by atoms with Crippen molar-refractivity contribution in [2.75, 3.05) is 24.6 Å². The summed E-state index contributed by atoms with van der Waals surface area (Å²) in [7, 11) is 0. The number of aliphatic hydroxyl groups excluding tert-OH is 1. The zero-order valence-corrected chi connectivity index (χ0v) is 9.90. The summed E-state index contributed by atoms with van der Waals surface area (Å²) in [5.74, 6) is 0.205. The third-order valence-electron chi connectivity index (χ3n) is 2.27. The summed E-state index contributed by atoms with van der Waals surface area (Å²) in [6, 6.07) is 0. The largest absolute Gasteiger partial charge is 0.395 e. The highest BCUT2D eigenvalue weighted by molar-refractivity contribution is 6.28. The van der Waals surface area contributed by atoms with Crippen LogP contribution in [0.5, 0.6) is 0 Å². The second kappa shape index (κ2) is 5.40. The number of aromatic nitrogens is 4. The van der Waals surface area contributed by atoms with E-state index in [2.05, 4.69) is 19.9 Å².